The summed E-state index contributed by atoms with van der Waals surface area (Å²) in [5, 5.41) is 12.5. The van der Waals surface area contributed by atoms with Gasteiger partial charge in [-0.05, 0) is 25.0 Å². The zero-order chi connectivity index (χ0) is 12.4. The van der Waals surface area contributed by atoms with Crippen molar-refractivity contribution in [3.63, 3.8) is 0 Å². The van der Waals surface area contributed by atoms with E-state index in [1.165, 1.54) is 11.3 Å². The van der Waals surface area contributed by atoms with Gasteiger partial charge in [0.15, 0.2) is 0 Å². The highest BCUT2D eigenvalue weighted by atomic mass is 32.1. The zero-order valence-corrected chi connectivity index (χ0v) is 10.3. The molecule has 2 N–H and O–H groups in total. The average Bonchev–Trinajstić information content (AvgIpc) is 2.92. The van der Waals surface area contributed by atoms with Gasteiger partial charge in [0.1, 0.15) is 4.88 Å². The Morgan fingerprint density at radius 1 is 1.53 bits per heavy atom. The highest BCUT2D eigenvalue weighted by Gasteiger charge is 2.23. The molecule has 1 amide bonds. The van der Waals surface area contributed by atoms with Gasteiger partial charge in [-0.15, -0.1) is 11.3 Å². The minimum atomic E-state index is -0.933. The second-order valence-corrected chi connectivity index (χ2v) is 5.20. The Labute approximate surface area is 103 Å². The number of carboxylic acids is 1. The molecule has 1 aliphatic rings. The molecule has 0 atom stereocenters. The van der Waals surface area contributed by atoms with E-state index in [4.69, 9.17) is 5.11 Å². The Kier molecular flexibility index (Phi) is 3.33. The number of carbonyl (C=O) groups is 2. The fourth-order valence-corrected chi connectivity index (χ4v) is 2.25. The van der Waals surface area contributed by atoms with Crippen molar-refractivity contribution < 1.29 is 14.7 Å². The predicted octanol–water partition coefficient (Wildman–Crippen LogP) is 1.16. The van der Waals surface area contributed by atoms with E-state index < -0.39 is 5.97 Å². The molecular formula is C11H14N2O3S. The van der Waals surface area contributed by atoms with E-state index in [-0.39, 0.29) is 17.3 Å². The van der Waals surface area contributed by atoms with Crippen molar-refractivity contribution >= 4 is 28.2 Å². The van der Waals surface area contributed by atoms with Crippen molar-refractivity contribution in [2.24, 2.45) is 0 Å². The molecular weight excluding hydrogens is 240 g/mol. The third-order valence-corrected chi connectivity index (χ3v) is 3.69. The van der Waals surface area contributed by atoms with Crippen molar-refractivity contribution in [2.75, 3.05) is 18.5 Å². The molecule has 0 radical (unpaired) electrons. The van der Waals surface area contributed by atoms with Crippen LogP contribution >= 0.6 is 11.3 Å². The van der Waals surface area contributed by atoms with Crippen LogP contribution in [0.5, 0.6) is 0 Å². The topological polar surface area (TPSA) is 69.6 Å². The monoisotopic (exact) mass is 254 g/mol. The summed E-state index contributed by atoms with van der Waals surface area (Å²) < 4.78 is 0. The van der Waals surface area contributed by atoms with Crippen LogP contribution in [0.1, 0.15) is 22.5 Å². The molecule has 6 heteroatoms. The van der Waals surface area contributed by atoms with Crippen LogP contribution in [-0.2, 0) is 4.79 Å². The van der Waals surface area contributed by atoms with Gasteiger partial charge in [0, 0.05) is 13.1 Å². The number of carbonyl (C=O) groups excluding carboxylic acids is 1. The summed E-state index contributed by atoms with van der Waals surface area (Å²) in [5.41, 5.74) is 0. The van der Waals surface area contributed by atoms with E-state index in [2.05, 4.69) is 5.32 Å². The summed E-state index contributed by atoms with van der Waals surface area (Å²) in [6.07, 6.45) is 2.13. The van der Waals surface area contributed by atoms with Crippen molar-refractivity contribution in [2.45, 2.75) is 18.9 Å². The third-order valence-electron chi connectivity index (χ3n) is 2.50. The van der Waals surface area contributed by atoms with Gasteiger partial charge in [0.2, 0.25) is 5.91 Å². The molecule has 0 spiro atoms. The lowest BCUT2D eigenvalue weighted by Crippen LogP contribution is -2.35. The molecule has 0 saturated heterocycles. The van der Waals surface area contributed by atoms with E-state index in [9.17, 15) is 9.59 Å². The van der Waals surface area contributed by atoms with E-state index in [0.717, 1.165) is 17.8 Å². The second kappa shape index (κ2) is 4.75. The fourth-order valence-electron chi connectivity index (χ4n) is 1.44. The van der Waals surface area contributed by atoms with Gasteiger partial charge >= 0.3 is 5.97 Å². The molecule has 0 bridgehead atoms. The average molecular weight is 254 g/mol. The van der Waals surface area contributed by atoms with Crippen LogP contribution in [0.25, 0.3) is 0 Å². The molecule has 1 aromatic heterocycles. The number of aromatic carboxylic acids is 1. The number of thiophene rings is 1. The van der Waals surface area contributed by atoms with Crippen LogP contribution in [0.4, 0.5) is 5.00 Å². The number of hydrogen-bond acceptors (Lipinski definition) is 4. The van der Waals surface area contributed by atoms with Crippen LogP contribution in [0, 0.1) is 0 Å². The largest absolute Gasteiger partial charge is 0.477 e. The van der Waals surface area contributed by atoms with Gasteiger partial charge in [-0.25, -0.2) is 4.79 Å². The summed E-state index contributed by atoms with van der Waals surface area (Å²) in [6, 6.07) is 3.63. The van der Waals surface area contributed by atoms with Crippen LogP contribution in [-0.4, -0.2) is 36.6 Å². The predicted molar refractivity (Wildman–Crippen MR) is 65.7 cm³/mol. The number of likely N-dealkylation sites (N-methyl/N-ethyl adjacent to an activating group) is 1. The van der Waals surface area contributed by atoms with Gasteiger partial charge in [-0.3, -0.25) is 4.79 Å². The maximum Gasteiger partial charge on any atom is 0.345 e. The molecule has 0 aliphatic heterocycles. The standard InChI is InChI=1S/C11H14N2O3S/c1-13(6-9(14)12-7-2-3-7)10-5-4-8(17-10)11(15)16/h4-5,7H,2-3,6H2,1H3,(H,12,14)(H,15,16). The maximum absolute atomic E-state index is 11.6. The Hall–Kier alpha value is -1.56. The number of nitrogens with zero attached hydrogens (tertiary/aromatic N) is 1. The molecule has 1 heterocycles. The quantitative estimate of drug-likeness (QED) is 0.827. The van der Waals surface area contributed by atoms with Gasteiger partial charge in [-0.1, -0.05) is 0 Å². The molecule has 1 fully saturated rings. The van der Waals surface area contributed by atoms with Gasteiger partial charge in [0.05, 0.1) is 11.5 Å². The maximum atomic E-state index is 11.6. The Morgan fingerprint density at radius 2 is 2.24 bits per heavy atom. The first-order chi connectivity index (χ1) is 8.06. The molecule has 0 unspecified atom stereocenters. The van der Waals surface area contributed by atoms with E-state index in [1.807, 2.05) is 0 Å². The fraction of sp³-hybridized carbons (Fsp3) is 0.455. The Bertz CT molecular complexity index is 440. The number of anilines is 1. The lowest BCUT2D eigenvalue weighted by Gasteiger charge is -2.16. The van der Waals surface area contributed by atoms with Crippen molar-refractivity contribution in [3.8, 4) is 0 Å². The minimum absolute atomic E-state index is 0.0136. The first kappa shape index (κ1) is 11.9. The van der Waals surface area contributed by atoms with E-state index in [1.54, 1.807) is 24.1 Å². The molecule has 1 aromatic rings. The van der Waals surface area contributed by atoms with Gasteiger partial charge in [0.25, 0.3) is 0 Å². The SMILES string of the molecule is CN(CC(=O)NC1CC1)c1ccc(C(=O)O)s1. The lowest BCUT2D eigenvalue weighted by molar-refractivity contribution is -0.119. The molecule has 1 saturated carbocycles. The molecule has 5 nitrogen and oxygen atoms in total. The smallest absolute Gasteiger partial charge is 0.345 e. The van der Waals surface area contributed by atoms with Crippen LogP contribution in [0.15, 0.2) is 12.1 Å². The van der Waals surface area contributed by atoms with E-state index in [0.29, 0.717) is 6.04 Å². The normalized spacial score (nSPS) is 14.4. The molecule has 92 valence electrons. The highest BCUT2D eigenvalue weighted by Crippen LogP contribution is 2.25. The zero-order valence-electron chi connectivity index (χ0n) is 9.47. The number of rotatable bonds is 5. The lowest BCUT2D eigenvalue weighted by atomic mass is 10.4. The molecule has 0 aromatic carbocycles. The summed E-state index contributed by atoms with van der Waals surface area (Å²) in [4.78, 5) is 24.3. The third kappa shape index (κ3) is 3.20. The summed E-state index contributed by atoms with van der Waals surface area (Å²) in [7, 11) is 1.78. The number of amides is 1. The van der Waals surface area contributed by atoms with Gasteiger partial charge in [-0.2, -0.15) is 0 Å². The second-order valence-electron chi connectivity index (χ2n) is 4.14. The van der Waals surface area contributed by atoms with Gasteiger partial charge < -0.3 is 15.3 Å². The summed E-state index contributed by atoms with van der Waals surface area (Å²) in [5.74, 6) is -0.947. The highest BCUT2D eigenvalue weighted by molar-refractivity contribution is 7.17. The Morgan fingerprint density at radius 3 is 2.76 bits per heavy atom. The Balaban J connectivity index is 1.90. The number of nitrogens with one attached hydrogen (secondary N) is 1. The van der Waals surface area contributed by atoms with E-state index >= 15 is 0 Å². The van der Waals surface area contributed by atoms with Crippen molar-refractivity contribution in [1.29, 1.82) is 0 Å². The summed E-state index contributed by atoms with van der Waals surface area (Å²) >= 11 is 1.17. The number of hydrogen-bond donors (Lipinski definition) is 2. The minimum Gasteiger partial charge on any atom is -0.477 e. The summed E-state index contributed by atoms with van der Waals surface area (Å²) in [6.45, 7) is 0.260. The molecule has 2 rings (SSSR count). The van der Waals surface area contributed by atoms with Crippen molar-refractivity contribution in [1.82, 2.24) is 5.32 Å². The van der Waals surface area contributed by atoms with Crippen LogP contribution < -0.4 is 10.2 Å². The number of carboxylic acid groups (broad SMARTS) is 1. The van der Waals surface area contributed by atoms with Crippen LogP contribution in [0.3, 0.4) is 0 Å². The molecule has 1 aliphatic carbocycles. The van der Waals surface area contributed by atoms with Crippen LogP contribution in [0.2, 0.25) is 0 Å². The first-order valence-electron chi connectivity index (χ1n) is 5.40. The van der Waals surface area contributed by atoms with Crippen molar-refractivity contribution in [3.05, 3.63) is 17.0 Å². The first-order valence-corrected chi connectivity index (χ1v) is 6.21. The molecule has 17 heavy (non-hydrogen) atoms.